The Morgan fingerprint density at radius 3 is 2.41 bits per heavy atom. The van der Waals surface area contributed by atoms with Gasteiger partial charge in [-0.2, -0.15) is 0 Å². The minimum atomic E-state index is 0.00717. The van der Waals surface area contributed by atoms with E-state index in [-0.39, 0.29) is 17.9 Å². The lowest BCUT2D eigenvalue weighted by Gasteiger charge is -2.32. The van der Waals surface area contributed by atoms with Gasteiger partial charge >= 0.3 is 0 Å². The maximum Gasteiger partial charge on any atom is 0.251 e. The molecule has 0 saturated carbocycles. The number of nitrogens with one attached hydrogen (secondary N) is 2. The Morgan fingerprint density at radius 1 is 0.931 bits per heavy atom. The van der Waals surface area contributed by atoms with Gasteiger partial charge in [-0.05, 0) is 73.9 Å². The number of amides is 2. The molecule has 4 rings (SSSR count). The average Bonchev–Trinajstić information content (AvgIpc) is 2.75. The summed E-state index contributed by atoms with van der Waals surface area (Å²) in [5.74, 6) is 0.0337. The molecule has 2 amide bonds. The van der Waals surface area contributed by atoms with Crippen LogP contribution in [0.1, 0.15) is 47.2 Å². The number of likely N-dealkylation sites (tertiary alicyclic amines) is 1. The second kappa shape index (κ2) is 9.23. The summed E-state index contributed by atoms with van der Waals surface area (Å²) in [6, 6.07) is 15.9. The lowest BCUT2D eigenvalue weighted by molar-refractivity contribution is -0.117. The molecule has 0 spiro atoms. The molecule has 0 aromatic heterocycles. The summed E-state index contributed by atoms with van der Waals surface area (Å²) in [5, 5.41) is 6.12. The predicted molar refractivity (Wildman–Crippen MR) is 115 cm³/mol. The number of piperidine rings is 1. The molecule has 5 heteroatoms. The number of hydrogen-bond donors (Lipinski definition) is 2. The third kappa shape index (κ3) is 5.24. The number of benzene rings is 2. The van der Waals surface area contributed by atoms with E-state index >= 15 is 0 Å². The smallest absolute Gasteiger partial charge is 0.251 e. The Morgan fingerprint density at radius 2 is 1.66 bits per heavy atom. The maximum absolute atomic E-state index is 12.7. The standard InChI is InChI=1S/C24H29N3O2/c28-23(25-21-8-2-1-3-9-21)17-27-14-12-22(13-15-27)26-24(29)20-11-10-18-6-4-5-7-19(18)16-20/h1-3,8-11,16,22H,4-7,12-15,17H2,(H,25,28)(H,26,29). The van der Waals surface area contributed by atoms with Crippen molar-refractivity contribution in [2.45, 2.75) is 44.6 Å². The zero-order valence-corrected chi connectivity index (χ0v) is 16.8. The van der Waals surface area contributed by atoms with E-state index in [2.05, 4.69) is 27.7 Å². The van der Waals surface area contributed by atoms with Gasteiger partial charge in [-0.25, -0.2) is 0 Å². The molecule has 1 saturated heterocycles. The van der Waals surface area contributed by atoms with Crippen molar-refractivity contribution < 1.29 is 9.59 Å². The molecule has 1 heterocycles. The minimum Gasteiger partial charge on any atom is -0.349 e. The first-order valence-electron chi connectivity index (χ1n) is 10.7. The van der Waals surface area contributed by atoms with Crippen LogP contribution in [0, 0.1) is 0 Å². The Hall–Kier alpha value is -2.66. The van der Waals surface area contributed by atoms with Crippen LogP contribution in [0.15, 0.2) is 48.5 Å². The summed E-state index contributed by atoms with van der Waals surface area (Å²) >= 11 is 0. The number of fused-ring (bicyclic) bond motifs is 1. The molecular formula is C24H29N3O2. The van der Waals surface area contributed by atoms with Gasteiger partial charge in [-0.1, -0.05) is 24.3 Å². The fourth-order valence-electron chi connectivity index (χ4n) is 4.30. The van der Waals surface area contributed by atoms with Gasteiger partial charge in [0.2, 0.25) is 5.91 Å². The molecule has 1 aliphatic heterocycles. The molecule has 2 aromatic rings. The highest BCUT2D eigenvalue weighted by atomic mass is 16.2. The van der Waals surface area contributed by atoms with Crippen molar-refractivity contribution in [3.05, 3.63) is 65.2 Å². The zero-order valence-electron chi connectivity index (χ0n) is 16.8. The monoisotopic (exact) mass is 391 g/mol. The van der Waals surface area contributed by atoms with Gasteiger partial charge in [0, 0.05) is 30.4 Å². The van der Waals surface area contributed by atoms with Crippen molar-refractivity contribution in [2.24, 2.45) is 0 Å². The van der Waals surface area contributed by atoms with E-state index < -0.39 is 0 Å². The molecule has 2 aliphatic rings. The molecule has 29 heavy (non-hydrogen) atoms. The highest BCUT2D eigenvalue weighted by molar-refractivity contribution is 5.94. The van der Waals surface area contributed by atoms with Crippen LogP contribution in [0.25, 0.3) is 0 Å². The third-order valence-electron chi connectivity index (χ3n) is 5.96. The third-order valence-corrected chi connectivity index (χ3v) is 5.96. The normalized spacial score (nSPS) is 17.4. The van der Waals surface area contributed by atoms with Crippen molar-refractivity contribution in [3.63, 3.8) is 0 Å². The number of aryl methyl sites for hydroxylation is 2. The van der Waals surface area contributed by atoms with Crippen LogP contribution in [-0.4, -0.2) is 42.4 Å². The Kier molecular flexibility index (Phi) is 6.25. The van der Waals surface area contributed by atoms with Gasteiger partial charge in [-0.15, -0.1) is 0 Å². The van der Waals surface area contributed by atoms with E-state index in [1.807, 2.05) is 36.4 Å². The highest BCUT2D eigenvalue weighted by Gasteiger charge is 2.23. The quantitative estimate of drug-likeness (QED) is 0.821. The molecule has 1 aliphatic carbocycles. The second-order valence-electron chi connectivity index (χ2n) is 8.13. The Labute approximate surface area is 172 Å². The van der Waals surface area contributed by atoms with Gasteiger partial charge in [0.05, 0.1) is 6.54 Å². The van der Waals surface area contributed by atoms with E-state index in [1.165, 1.54) is 24.0 Å². The molecular weight excluding hydrogens is 362 g/mol. The molecule has 2 aromatic carbocycles. The SMILES string of the molecule is O=C(CN1CCC(NC(=O)c2ccc3c(c2)CCCC3)CC1)Nc1ccccc1. The first-order valence-corrected chi connectivity index (χ1v) is 10.7. The number of rotatable bonds is 5. The zero-order chi connectivity index (χ0) is 20.1. The highest BCUT2D eigenvalue weighted by Crippen LogP contribution is 2.22. The molecule has 0 unspecified atom stereocenters. The first-order chi connectivity index (χ1) is 14.2. The lowest BCUT2D eigenvalue weighted by atomic mass is 9.90. The summed E-state index contributed by atoms with van der Waals surface area (Å²) in [5.41, 5.74) is 4.33. The number of carbonyl (C=O) groups excluding carboxylic acids is 2. The van der Waals surface area contributed by atoms with E-state index in [9.17, 15) is 9.59 Å². The number of carbonyl (C=O) groups is 2. The maximum atomic E-state index is 12.7. The second-order valence-corrected chi connectivity index (χ2v) is 8.13. The molecule has 1 fully saturated rings. The van der Waals surface area contributed by atoms with Crippen LogP contribution in [-0.2, 0) is 17.6 Å². The average molecular weight is 392 g/mol. The minimum absolute atomic E-state index is 0.00717. The van der Waals surface area contributed by atoms with Gasteiger partial charge in [-0.3, -0.25) is 14.5 Å². The van der Waals surface area contributed by atoms with Crippen LogP contribution in [0.5, 0.6) is 0 Å². The van der Waals surface area contributed by atoms with Crippen LogP contribution in [0.3, 0.4) is 0 Å². The van der Waals surface area contributed by atoms with Gasteiger partial charge in [0.25, 0.3) is 5.91 Å². The van der Waals surface area contributed by atoms with Crippen molar-refractivity contribution in [3.8, 4) is 0 Å². The van der Waals surface area contributed by atoms with E-state index in [1.54, 1.807) is 0 Å². The van der Waals surface area contributed by atoms with Crippen molar-refractivity contribution in [2.75, 3.05) is 25.0 Å². The molecule has 5 nitrogen and oxygen atoms in total. The van der Waals surface area contributed by atoms with E-state index in [0.717, 1.165) is 50.0 Å². The molecule has 0 bridgehead atoms. The van der Waals surface area contributed by atoms with Crippen LogP contribution in [0.2, 0.25) is 0 Å². The number of nitrogens with zero attached hydrogens (tertiary/aromatic N) is 1. The van der Waals surface area contributed by atoms with Crippen LogP contribution >= 0.6 is 0 Å². The molecule has 152 valence electrons. The molecule has 2 N–H and O–H groups in total. The Balaban J connectivity index is 1.23. The number of hydrogen-bond acceptors (Lipinski definition) is 3. The topological polar surface area (TPSA) is 61.4 Å². The number of para-hydroxylation sites is 1. The van der Waals surface area contributed by atoms with Gasteiger partial charge < -0.3 is 10.6 Å². The fraction of sp³-hybridized carbons (Fsp3) is 0.417. The fourth-order valence-corrected chi connectivity index (χ4v) is 4.30. The molecule has 0 radical (unpaired) electrons. The summed E-state index contributed by atoms with van der Waals surface area (Å²) in [7, 11) is 0. The van der Waals surface area contributed by atoms with E-state index in [0.29, 0.717) is 6.54 Å². The first kappa shape index (κ1) is 19.6. The predicted octanol–water partition coefficient (Wildman–Crippen LogP) is 3.40. The largest absolute Gasteiger partial charge is 0.349 e. The summed E-state index contributed by atoms with van der Waals surface area (Å²) in [6.07, 6.45) is 6.42. The molecule has 0 atom stereocenters. The lowest BCUT2D eigenvalue weighted by Crippen LogP contribution is -2.46. The van der Waals surface area contributed by atoms with Crippen LogP contribution in [0.4, 0.5) is 5.69 Å². The van der Waals surface area contributed by atoms with E-state index in [4.69, 9.17) is 0 Å². The van der Waals surface area contributed by atoms with Crippen molar-refractivity contribution >= 4 is 17.5 Å². The Bertz CT molecular complexity index is 858. The van der Waals surface area contributed by atoms with Crippen molar-refractivity contribution in [1.29, 1.82) is 0 Å². The summed E-state index contributed by atoms with van der Waals surface area (Å²) in [4.78, 5) is 27.0. The van der Waals surface area contributed by atoms with Gasteiger partial charge in [0.15, 0.2) is 0 Å². The van der Waals surface area contributed by atoms with Gasteiger partial charge in [0.1, 0.15) is 0 Å². The summed E-state index contributed by atoms with van der Waals surface area (Å²) in [6.45, 7) is 2.02. The summed E-state index contributed by atoms with van der Waals surface area (Å²) < 4.78 is 0. The number of anilines is 1. The van der Waals surface area contributed by atoms with Crippen molar-refractivity contribution in [1.82, 2.24) is 10.2 Å². The van der Waals surface area contributed by atoms with Crippen LogP contribution < -0.4 is 10.6 Å².